The van der Waals surface area contributed by atoms with Gasteiger partial charge in [0.15, 0.2) is 5.96 Å². The largest absolute Gasteiger partial charge is 0.496 e. The molecule has 0 saturated carbocycles. The van der Waals surface area contributed by atoms with Crippen molar-refractivity contribution in [1.29, 1.82) is 0 Å². The summed E-state index contributed by atoms with van der Waals surface area (Å²) in [4.78, 5) is 4.65. The topological polar surface area (TPSA) is 50.6 Å². The molecule has 0 aliphatic carbocycles. The van der Waals surface area contributed by atoms with Crippen LogP contribution in [0.15, 0.2) is 47.7 Å². The fourth-order valence-corrected chi connectivity index (χ4v) is 2.48. The molecule has 2 N–H and O–H groups in total. The summed E-state index contributed by atoms with van der Waals surface area (Å²) in [7, 11) is 1.71. The van der Waals surface area contributed by atoms with Crippen LogP contribution in [-0.2, 0) is 13.0 Å². The molecular weight excluding hydrogens is 300 g/mol. The van der Waals surface area contributed by atoms with Crippen molar-refractivity contribution in [3.63, 3.8) is 0 Å². The molecule has 24 heavy (non-hydrogen) atoms. The summed E-state index contributed by atoms with van der Waals surface area (Å²) in [5.41, 5.74) is 2.40. The van der Waals surface area contributed by atoms with Crippen molar-refractivity contribution in [3.05, 3.63) is 53.9 Å². The molecule has 0 aliphatic rings. The standard InChI is InChI=1S/C19H28N4O/c1-4-20-19(22-11-14-23-12-5-6-13-23)21-10-9-17-8-7-16(2)18(15-17)24-3/h5-8,12-13,15H,4,9-11,14H2,1-3H3,(H2,20,21,22). The lowest BCUT2D eigenvalue weighted by atomic mass is 10.1. The number of nitrogens with one attached hydrogen (secondary N) is 2. The monoisotopic (exact) mass is 328 g/mol. The number of hydrogen-bond donors (Lipinski definition) is 2. The molecule has 0 unspecified atom stereocenters. The first-order chi connectivity index (χ1) is 11.7. The molecule has 0 radical (unpaired) electrons. The van der Waals surface area contributed by atoms with Gasteiger partial charge in [-0.1, -0.05) is 12.1 Å². The quantitative estimate of drug-likeness (QED) is 0.578. The third-order valence-corrected chi connectivity index (χ3v) is 3.82. The highest BCUT2D eigenvalue weighted by molar-refractivity contribution is 5.79. The zero-order valence-corrected chi connectivity index (χ0v) is 14.9. The van der Waals surface area contributed by atoms with Crippen LogP contribution < -0.4 is 15.4 Å². The Labute approximate surface area is 144 Å². The number of aromatic nitrogens is 1. The van der Waals surface area contributed by atoms with Gasteiger partial charge in [-0.15, -0.1) is 0 Å². The Hall–Kier alpha value is -2.43. The van der Waals surface area contributed by atoms with Gasteiger partial charge in [-0.2, -0.15) is 0 Å². The number of methoxy groups -OCH3 is 1. The highest BCUT2D eigenvalue weighted by atomic mass is 16.5. The van der Waals surface area contributed by atoms with Gasteiger partial charge in [0.05, 0.1) is 7.11 Å². The molecule has 0 fully saturated rings. The molecule has 2 rings (SSSR count). The van der Waals surface area contributed by atoms with Crippen molar-refractivity contribution in [2.24, 2.45) is 4.99 Å². The minimum atomic E-state index is 0.741. The Bertz CT molecular complexity index is 635. The van der Waals surface area contributed by atoms with Gasteiger partial charge in [-0.3, -0.25) is 4.99 Å². The van der Waals surface area contributed by atoms with Crippen LogP contribution in [0.3, 0.4) is 0 Å². The van der Waals surface area contributed by atoms with Crippen LogP contribution in [0.25, 0.3) is 0 Å². The number of benzene rings is 1. The molecule has 2 aromatic rings. The Balaban J connectivity index is 1.83. The summed E-state index contributed by atoms with van der Waals surface area (Å²) in [5.74, 6) is 1.80. The van der Waals surface area contributed by atoms with Crippen molar-refractivity contribution in [3.8, 4) is 5.75 Å². The van der Waals surface area contributed by atoms with E-state index in [4.69, 9.17) is 4.74 Å². The lowest BCUT2D eigenvalue weighted by Crippen LogP contribution is -2.39. The predicted octanol–water partition coefficient (Wildman–Crippen LogP) is 2.60. The highest BCUT2D eigenvalue weighted by Crippen LogP contribution is 2.19. The third kappa shape index (κ3) is 5.65. The Kier molecular flexibility index (Phi) is 7.21. The van der Waals surface area contributed by atoms with Gasteiger partial charge in [0.25, 0.3) is 0 Å². The second kappa shape index (κ2) is 9.65. The minimum absolute atomic E-state index is 0.741. The van der Waals surface area contributed by atoms with Crippen molar-refractivity contribution < 1.29 is 4.74 Å². The zero-order chi connectivity index (χ0) is 17.2. The van der Waals surface area contributed by atoms with Gasteiger partial charge < -0.3 is 19.9 Å². The molecule has 1 aromatic heterocycles. The smallest absolute Gasteiger partial charge is 0.191 e. The minimum Gasteiger partial charge on any atom is -0.496 e. The second-order valence-electron chi connectivity index (χ2n) is 5.66. The Morgan fingerprint density at radius 1 is 1.21 bits per heavy atom. The molecule has 0 saturated heterocycles. The first-order valence-corrected chi connectivity index (χ1v) is 8.49. The molecule has 5 heteroatoms. The van der Waals surface area contributed by atoms with Crippen molar-refractivity contribution in [1.82, 2.24) is 15.2 Å². The summed E-state index contributed by atoms with van der Waals surface area (Å²) < 4.78 is 7.53. The van der Waals surface area contributed by atoms with Crippen molar-refractivity contribution >= 4 is 5.96 Å². The maximum Gasteiger partial charge on any atom is 0.191 e. The van der Waals surface area contributed by atoms with Crippen LogP contribution in [0.2, 0.25) is 0 Å². The van der Waals surface area contributed by atoms with E-state index in [9.17, 15) is 0 Å². The summed E-state index contributed by atoms with van der Waals surface area (Å²) in [5, 5.41) is 6.66. The average Bonchev–Trinajstić information content (AvgIpc) is 3.09. The van der Waals surface area contributed by atoms with E-state index in [1.807, 2.05) is 12.1 Å². The van der Waals surface area contributed by atoms with E-state index in [0.29, 0.717) is 0 Å². The number of guanidine groups is 1. The van der Waals surface area contributed by atoms with Gasteiger partial charge in [-0.25, -0.2) is 0 Å². The van der Waals surface area contributed by atoms with Crippen molar-refractivity contribution in [2.45, 2.75) is 26.8 Å². The van der Waals surface area contributed by atoms with E-state index in [1.54, 1.807) is 7.11 Å². The first-order valence-electron chi connectivity index (χ1n) is 8.49. The molecule has 0 bridgehead atoms. The fraction of sp³-hybridized carbons (Fsp3) is 0.421. The van der Waals surface area contributed by atoms with Gasteiger partial charge in [-0.05, 0) is 49.6 Å². The SMILES string of the molecule is CCNC(=NCCc1ccc(C)c(OC)c1)NCCn1cccc1. The van der Waals surface area contributed by atoms with E-state index in [1.165, 1.54) is 5.56 Å². The van der Waals surface area contributed by atoms with Gasteiger partial charge in [0.1, 0.15) is 5.75 Å². The van der Waals surface area contributed by atoms with Gasteiger partial charge in [0.2, 0.25) is 0 Å². The van der Waals surface area contributed by atoms with E-state index in [0.717, 1.165) is 49.9 Å². The lowest BCUT2D eigenvalue weighted by Gasteiger charge is -2.12. The maximum atomic E-state index is 5.38. The number of hydrogen-bond acceptors (Lipinski definition) is 2. The van der Waals surface area contributed by atoms with Gasteiger partial charge >= 0.3 is 0 Å². The van der Waals surface area contributed by atoms with E-state index >= 15 is 0 Å². The molecule has 130 valence electrons. The van der Waals surface area contributed by atoms with Crippen LogP contribution in [0.4, 0.5) is 0 Å². The summed E-state index contributed by atoms with van der Waals surface area (Å²) in [6.07, 6.45) is 5.03. The van der Waals surface area contributed by atoms with Crippen LogP contribution in [-0.4, -0.2) is 37.3 Å². The summed E-state index contributed by atoms with van der Waals surface area (Å²) in [6.45, 7) is 7.50. The molecule has 1 aromatic carbocycles. The number of nitrogens with zero attached hydrogens (tertiary/aromatic N) is 2. The number of rotatable bonds is 8. The third-order valence-electron chi connectivity index (χ3n) is 3.82. The summed E-state index contributed by atoms with van der Waals surface area (Å²) >= 11 is 0. The lowest BCUT2D eigenvalue weighted by molar-refractivity contribution is 0.411. The van der Waals surface area contributed by atoms with E-state index in [2.05, 4.69) is 64.6 Å². The molecule has 1 heterocycles. The summed E-state index contributed by atoms with van der Waals surface area (Å²) in [6, 6.07) is 10.4. The Morgan fingerprint density at radius 3 is 2.71 bits per heavy atom. The molecule has 5 nitrogen and oxygen atoms in total. The normalized spacial score (nSPS) is 11.4. The highest BCUT2D eigenvalue weighted by Gasteiger charge is 2.01. The molecule has 0 aliphatic heterocycles. The van der Waals surface area contributed by atoms with E-state index in [-0.39, 0.29) is 0 Å². The number of aryl methyl sites for hydroxylation is 1. The average molecular weight is 328 g/mol. The predicted molar refractivity (Wildman–Crippen MR) is 99.8 cm³/mol. The van der Waals surface area contributed by atoms with Crippen LogP contribution in [0, 0.1) is 6.92 Å². The second-order valence-corrected chi connectivity index (χ2v) is 5.66. The number of ether oxygens (including phenoxy) is 1. The molecule has 0 spiro atoms. The van der Waals surface area contributed by atoms with Crippen molar-refractivity contribution in [2.75, 3.05) is 26.7 Å². The van der Waals surface area contributed by atoms with Crippen LogP contribution in [0.5, 0.6) is 5.75 Å². The van der Waals surface area contributed by atoms with Crippen LogP contribution in [0.1, 0.15) is 18.1 Å². The molecule has 0 amide bonds. The first kappa shape index (κ1) is 17.9. The van der Waals surface area contributed by atoms with Gasteiger partial charge in [0, 0.05) is 38.6 Å². The maximum absolute atomic E-state index is 5.38. The van der Waals surface area contributed by atoms with Crippen LogP contribution >= 0.6 is 0 Å². The number of aliphatic imine (C=N–C) groups is 1. The zero-order valence-electron chi connectivity index (χ0n) is 14.9. The fourth-order valence-electron chi connectivity index (χ4n) is 2.48. The van der Waals surface area contributed by atoms with E-state index < -0.39 is 0 Å². The Morgan fingerprint density at radius 2 is 2.00 bits per heavy atom. The molecular formula is C19H28N4O. The molecule has 0 atom stereocenters.